The summed E-state index contributed by atoms with van der Waals surface area (Å²) >= 11 is 0. The van der Waals surface area contributed by atoms with Gasteiger partial charge in [-0.15, -0.1) is 0 Å². The number of nitrogens with zero attached hydrogens (tertiary/aromatic N) is 4. The van der Waals surface area contributed by atoms with Gasteiger partial charge in [0.2, 0.25) is 0 Å². The molecule has 3 aromatic heterocycles. The lowest BCUT2D eigenvalue weighted by Crippen LogP contribution is -2.29. The average molecular weight is 433 g/mol. The summed E-state index contributed by atoms with van der Waals surface area (Å²) in [5, 5.41) is 9.33. The van der Waals surface area contributed by atoms with Crippen molar-refractivity contribution in [3.63, 3.8) is 0 Å². The summed E-state index contributed by atoms with van der Waals surface area (Å²) in [4.78, 5) is 36.6. The van der Waals surface area contributed by atoms with Crippen LogP contribution in [0, 0.1) is 5.92 Å². The summed E-state index contributed by atoms with van der Waals surface area (Å²) in [5.41, 5.74) is 3.18. The molecular weight excluding hydrogens is 404 g/mol. The molecule has 8 heteroatoms. The number of hydrogen-bond donors (Lipinski definition) is 2. The Hall–Kier alpha value is -3.39. The number of piperidine rings is 1. The fourth-order valence-electron chi connectivity index (χ4n) is 4.10. The fourth-order valence-corrected chi connectivity index (χ4v) is 4.10. The molecule has 3 aromatic rings. The van der Waals surface area contributed by atoms with Gasteiger partial charge in [-0.2, -0.15) is 5.10 Å². The van der Waals surface area contributed by atoms with Gasteiger partial charge in [-0.05, 0) is 55.6 Å². The minimum atomic E-state index is -0.420. The first-order chi connectivity index (χ1) is 15.6. The third-order valence-corrected chi connectivity index (χ3v) is 5.75. The highest BCUT2D eigenvalue weighted by molar-refractivity contribution is 6.11. The van der Waals surface area contributed by atoms with Crippen LogP contribution in [-0.2, 0) is 13.0 Å². The molecule has 4 rings (SSSR count). The van der Waals surface area contributed by atoms with Crippen molar-refractivity contribution in [2.24, 2.45) is 5.92 Å². The summed E-state index contributed by atoms with van der Waals surface area (Å²) in [7, 11) is 0. The highest BCUT2D eigenvalue weighted by Crippen LogP contribution is 2.19. The van der Waals surface area contributed by atoms with Crippen LogP contribution in [0.2, 0.25) is 0 Å². The van der Waals surface area contributed by atoms with Crippen molar-refractivity contribution >= 4 is 17.4 Å². The second kappa shape index (κ2) is 10.3. The van der Waals surface area contributed by atoms with E-state index in [1.165, 1.54) is 31.0 Å². The highest BCUT2D eigenvalue weighted by Gasteiger charge is 2.24. The Morgan fingerprint density at radius 3 is 2.69 bits per heavy atom. The van der Waals surface area contributed by atoms with Gasteiger partial charge in [-0.1, -0.05) is 19.4 Å². The van der Waals surface area contributed by atoms with Gasteiger partial charge in [0, 0.05) is 31.1 Å². The van der Waals surface area contributed by atoms with Crippen molar-refractivity contribution in [2.75, 3.05) is 18.4 Å². The molecule has 0 bridgehead atoms. The van der Waals surface area contributed by atoms with E-state index >= 15 is 0 Å². The lowest BCUT2D eigenvalue weighted by Gasteiger charge is -2.26. The third-order valence-electron chi connectivity index (χ3n) is 5.75. The number of aromatic nitrogens is 4. The monoisotopic (exact) mass is 432 g/mol. The lowest BCUT2D eigenvalue weighted by molar-refractivity contribution is 0.0918. The number of carbonyl (C=O) groups excluding carboxylic acids is 2. The quantitative estimate of drug-likeness (QED) is 0.528. The second-order valence-electron chi connectivity index (χ2n) is 8.36. The molecule has 0 radical (unpaired) electrons. The Labute approximate surface area is 187 Å². The van der Waals surface area contributed by atoms with Crippen LogP contribution in [0.3, 0.4) is 0 Å². The fraction of sp³-hybridized carbons (Fsp3) is 0.375. The van der Waals surface area contributed by atoms with Crippen LogP contribution in [0.4, 0.5) is 5.69 Å². The zero-order chi connectivity index (χ0) is 22.3. The summed E-state index contributed by atoms with van der Waals surface area (Å²) in [6, 6.07) is 5.59. The van der Waals surface area contributed by atoms with E-state index in [9.17, 15) is 9.59 Å². The summed E-state index contributed by atoms with van der Waals surface area (Å²) in [6.45, 7) is 5.02. The van der Waals surface area contributed by atoms with Crippen LogP contribution in [0.1, 0.15) is 58.2 Å². The van der Waals surface area contributed by atoms with E-state index in [0.29, 0.717) is 12.1 Å². The maximum Gasteiger partial charge on any atom is 0.274 e. The van der Waals surface area contributed by atoms with Gasteiger partial charge in [-0.25, -0.2) is 0 Å². The minimum absolute atomic E-state index is 0.128. The number of amides is 1. The van der Waals surface area contributed by atoms with Crippen LogP contribution in [-0.4, -0.2) is 49.8 Å². The van der Waals surface area contributed by atoms with Crippen LogP contribution in [0.15, 0.2) is 49.2 Å². The van der Waals surface area contributed by atoms with E-state index in [1.54, 1.807) is 24.5 Å². The highest BCUT2D eigenvalue weighted by atomic mass is 16.2. The Bertz CT molecular complexity index is 1060. The van der Waals surface area contributed by atoms with Gasteiger partial charge < -0.3 is 5.32 Å². The van der Waals surface area contributed by atoms with Crippen molar-refractivity contribution in [1.29, 1.82) is 0 Å². The Kier molecular flexibility index (Phi) is 7.01. The SMILES string of the molecule is CC(Cc1cncc(CN2CCCCC2)c1)C(=O)c1cn[nH]c1C(=O)Nc1cccnc1. The molecule has 1 atom stereocenters. The zero-order valence-electron chi connectivity index (χ0n) is 18.3. The summed E-state index contributed by atoms with van der Waals surface area (Å²) < 4.78 is 0. The molecular formula is C24H28N6O2. The van der Waals surface area contributed by atoms with Crippen LogP contribution < -0.4 is 5.32 Å². The molecule has 1 aliphatic rings. The van der Waals surface area contributed by atoms with E-state index in [0.717, 1.165) is 25.2 Å². The van der Waals surface area contributed by atoms with E-state index in [4.69, 9.17) is 0 Å². The molecule has 1 fully saturated rings. The number of H-pyrrole nitrogens is 1. The van der Waals surface area contributed by atoms with Crippen molar-refractivity contribution in [2.45, 2.75) is 39.2 Å². The van der Waals surface area contributed by atoms with E-state index in [1.807, 2.05) is 19.3 Å². The number of Topliss-reactive ketones (excluding diaryl/α,β-unsaturated/α-hetero) is 1. The number of anilines is 1. The van der Waals surface area contributed by atoms with Crippen molar-refractivity contribution in [3.8, 4) is 0 Å². The van der Waals surface area contributed by atoms with Crippen LogP contribution in [0.25, 0.3) is 0 Å². The maximum absolute atomic E-state index is 13.1. The van der Waals surface area contributed by atoms with Gasteiger partial charge >= 0.3 is 0 Å². The number of hydrogen-bond acceptors (Lipinski definition) is 6. The predicted octanol–water partition coefficient (Wildman–Crippen LogP) is 3.50. The van der Waals surface area contributed by atoms with Gasteiger partial charge in [0.25, 0.3) is 5.91 Å². The van der Waals surface area contributed by atoms with Crippen molar-refractivity contribution in [1.82, 2.24) is 25.1 Å². The number of nitrogens with one attached hydrogen (secondary N) is 2. The standard InChI is InChI=1S/C24H28N6O2/c1-17(10-18-11-19(13-26-12-18)16-30-8-3-2-4-9-30)23(31)21-15-27-29-22(21)24(32)28-20-6-5-7-25-14-20/h5-7,11-15,17H,2-4,8-10,16H2,1H3,(H,27,29)(H,28,32). The molecule has 4 heterocycles. The number of rotatable bonds is 8. The van der Waals surface area contributed by atoms with E-state index in [2.05, 4.69) is 36.4 Å². The Morgan fingerprint density at radius 2 is 1.91 bits per heavy atom. The third kappa shape index (κ3) is 5.45. The largest absolute Gasteiger partial charge is 0.319 e. The van der Waals surface area contributed by atoms with Gasteiger partial charge in [0.15, 0.2) is 5.78 Å². The first kappa shape index (κ1) is 21.8. The summed E-state index contributed by atoms with van der Waals surface area (Å²) in [5.74, 6) is -0.864. The first-order valence-electron chi connectivity index (χ1n) is 11.0. The molecule has 32 heavy (non-hydrogen) atoms. The van der Waals surface area contributed by atoms with Gasteiger partial charge in [0.05, 0.1) is 23.6 Å². The number of pyridine rings is 2. The van der Waals surface area contributed by atoms with Crippen LogP contribution in [0.5, 0.6) is 0 Å². The van der Waals surface area contributed by atoms with E-state index < -0.39 is 5.91 Å². The topological polar surface area (TPSA) is 104 Å². The second-order valence-corrected chi connectivity index (χ2v) is 8.36. The lowest BCUT2D eigenvalue weighted by atomic mass is 9.93. The van der Waals surface area contributed by atoms with Gasteiger partial charge in [0.1, 0.15) is 5.69 Å². The molecule has 1 aliphatic heterocycles. The molecule has 0 aromatic carbocycles. The smallest absolute Gasteiger partial charge is 0.274 e. The first-order valence-corrected chi connectivity index (χ1v) is 11.0. The number of ketones is 1. The molecule has 1 amide bonds. The molecule has 0 saturated carbocycles. The van der Waals surface area contributed by atoms with Crippen LogP contribution >= 0.6 is 0 Å². The average Bonchev–Trinajstić information content (AvgIpc) is 3.30. The molecule has 0 aliphatic carbocycles. The zero-order valence-corrected chi connectivity index (χ0v) is 18.3. The molecule has 0 spiro atoms. The number of carbonyl (C=O) groups is 2. The molecule has 2 N–H and O–H groups in total. The number of likely N-dealkylation sites (tertiary alicyclic amines) is 1. The molecule has 1 saturated heterocycles. The van der Waals surface area contributed by atoms with E-state index in [-0.39, 0.29) is 23.0 Å². The predicted molar refractivity (Wildman–Crippen MR) is 121 cm³/mol. The Balaban J connectivity index is 1.41. The molecule has 1 unspecified atom stereocenters. The number of aromatic amines is 1. The maximum atomic E-state index is 13.1. The normalized spacial score (nSPS) is 15.3. The summed E-state index contributed by atoms with van der Waals surface area (Å²) in [6.07, 6.45) is 12.7. The van der Waals surface area contributed by atoms with Gasteiger partial charge in [-0.3, -0.25) is 29.6 Å². The molecule has 166 valence electrons. The minimum Gasteiger partial charge on any atom is -0.319 e. The van der Waals surface area contributed by atoms with Crippen molar-refractivity contribution < 1.29 is 9.59 Å². The Morgan fingerprint density at radius 1 is 1.09 bits per heavy atom. The van der Waals surface area contributed by atoms with Crippen molar-refractivity contribution in [3.05, 3.63) is 71.6 Å². The molecule has 8 nitrogen and oxygen atoms in total.